The van der Waals surface area contributed by atoms with Crippen molar-refractivity contribution in [2.24, 2.45) is 11.7 Å². The summed E-state index contributed by atoms with van der Waals surface area (Å²) >= 11 is 0. The molecule has 1 aliphatic rings. The predicted octanol–water partition coefficient (Wildman–Crippen LogP) is 0.304. The van der Waals surface area contributed by atoms with Crippen LogP contribution < -0.4 is 5.73 Å². The largest absolute Gasteiger partial charge is 0.396 e. The van der Waals surface area contributed by atoms with Crippen LogP contribution in [0.2, 0.25) is 0 Å². The first-order valence-corrected chi connectivity index (χ1v) is 2.87. The second-order valence-electron chi connectivity index (χ2n) is 2.23. The molecule has 3 heteroatoms. The average molecular weight is 150 g/mol. The second kappa shape index (κ2) is 3.88. The van der Waals surface area contributed by atoms with Gasteiger partial charge in [0.1, 0.15) is 0 Å². The summed E-state index contributed by atoms with van der Waals surface area (Å²) < 4.78 is 0. The van der Waals surface area contributed by atoms with Gasteiger partial charge in [-0.15, -0.1) is 12.4 Å². The fraction of sp³-hybridized carbons (Fsp3) is 0.667. The van der Waals surface area contributed by atoms with E-state index in [1.807, 2.05) is 12.2 Å². The lowest BCUT2D eigenvalue weighted by Gasteiger charge is -2.02. The van der Waals surface area contributed by atoms with Crippen molar-refractivity contribution in [3.05, 3.63) is 12.2 Å². The van der Waals surface area contributed by atoms with Crippen molar-refractivity contribution in [2.75, 3.05) is 6.61 Å². The van der Waals surface area contributed by atoms with Crippen molar-refractivity contribution in [3.63, 3.8) is 0 Å². The van der Waals surface area contributed by atoms with Gasteiger partial charge in [-0.2, -0.15) is 0 Å². The lowest BCUT2D eigenvalue weighted by atomic mass is 10.1. The molecule has 0 aromatic carbocycles. The van der Waals surface area contributed by atoms with Gasteiger partial charge < -0.3 is 10.8 Å². The molecule has 0 aromatic heterocycles. The van der Waals surface area contributed by atoms with Crippen LogP contribution in [0, 0.1) is 5.92 Å². The molecule has 0 saturated heterocycles. The molecule has 0 bridgehead atoms. The minimum atomic E-state index is 0. The van der Waals surface area contributed by atoms with Crippen LogP contribution in [0.5, 0.6) is 0 Å². The SMILES string of the molecule is Cl.NC1C=CC(CO)C1. The summed E-state index contributed by atoms with van der Waals surface area (Å²) in [5, 5.41) is 8.58. The minimum Gasteiger partial charge on any atom is -0.396 e. The van der Waals surface area contributed by atoms with Gasteiger partial charge >= 0.3 is 0 Å². The maximum Gasteiger partial charge on any atom is 0.0494 e. The van der Waals surface area contributed by atoms with E-state index in [-0.39, 0.29) is 25.1 Å². The van der Waals surface area contributed by atoms with E-state index in [2.05, 4.69) is 0 Å². The van der Waals surface area contributed by atoms with Gasteiger partial charge in [0.05, 0.1) is 0 Å². The van der Waals surface area contributed by atoms with E-state index in [0.717, 1.165) is 6.42 Å². The van der Waals surface area contributed by atoms with Gasteiger partial charge in [0.15, 0.2) is 0 Å². The molecule has 0 radical (unpaired) electrons. The molecule has 9 heavy (non-hydrogen) atoms. The summed E-state index contributed by atoms with van der Waals surface area (Å²) in [7, 11) is 0. The third-order valence-corrected chi connectivity index (χ3v) is 1.44. The quantitative estimate of drug-likeness (QED) is 0.527. The Kier molecular flexibility index (Phi) is 3.86. The number of hydrogen-bond donors (Lipinski definition) is 2. The fourth-order valence-electron chi connectivity index (χ4n) is 0.942. The zero-order valence-corrected chi connectivity index (χ0v) is 5.97. The number of nitrogens with two attached hydrogens (primary N) is 1. The molecule has 0 fully saturated rings. The summed E-state index contributed by atoms with van der Waals surface area (Å²) in [5.74, 6) is 0.324. The van der Waals surface area contributed by atoms with E-state index in [1.54, 1.807) is 0 Å². The van der Waals surface area contributed by atoms with Crippen molar-refractivity contribution in [1.82, 2.24) is 0 Å². The van der Waals surface area contributed by atoms with Crippen LogP contribution in [-0.2, 0) is 0 Å². The molecular weight excluding hydrogens is 138 g/mol. The molecule has 2 nitrogen and oxygen atoms in total. The zero-order valence-electron chi connectivity index (χ0n) is 5.16. The molecule has 54 valence electrons. The first-order chi connectivity index (χ1) is 3.83. The van der Waals surface area contributed by atoms with Gasteiger partial charge in [-0.1, -0.05) is 12.2 Å². The normalized spacial score (nSPS) is 32.2. The van der Waals surface area contributed by atoms with Crippen molar-refractivity contribution >= 4 is 12.4 Å². The standard InChI is InChI=1S/C6H11NO.ClH/c7-6-2-1-5(3-6)4-8;/h1-2,5-6,8H,3-4,7H2;1H. The van der Waals surface area contributed by atoms with Gasteiger partial charge in [0.25, 0.3) is 0 Å². The summed E-state index contributed by atoms with van der Waals surface area (Å²) in [5.41, 5.74) is 5.50. The van der Waals surface area contributed by atoms with E-state index in [1.165, 1.54) is 0 Å². The van der Waals surface area contributed by atoms with Crippen LogP contribution in [0.4, 0.5) is 0 Å². The molecule has 1 aliphatic carbocycles. The summed E-state index contributed by atoms with van der Waals surface area (Å²) in [6, 6.07) is 0.187. The van der Waals surface area contributed by atoms with E-state index < -0.39 is 0 Å². The van der Waals surface area contributed by atoms with E-state index in [4.69, 9.17) is 10.8 Å². The van der Waals surface area contributed by atoms with Crippen LogP contribution >= 0.6 is 12.4 Å². The van der Waals surface area contributed by atoms with Crippen LogP contribution in [0.3, 0.4) is 0 Å². The van der Waals surface area contributed by atoms with Gasteiger partial charge in [0, 0.05) is 18.6 Å². The highest BCUT2D eigenvalue weighted by atomic mass is 35.5. The molecular formula is C6H12ClNO. The number of hydrogen-bond acceptors (Lipinski definition) is 2. The monoisotopic (exact) mass is 149 g/mol. The molecule has 2 atom stereocenters. The Hall–Kier alpha value is -0.0500. The van der Waals surface area contributed by atoms with Gasteiger partial charge in [-0.05, 0) is 6.42 Å². The minimum absolute atomic E-state index is 0. The molecule has 0 aromatic rings. The van der Waals surface area contributed by atoms with Crippen molar-refractivity contribution < 1.29 is 5.11 Å². The first kappa shape index (κ1) is 8.95. The maximum atomic E-state index is 8.58. The van der Waals surface area contributed by atoms with E-state index >= 15 is 0 Å². The Labute approximate surface area is 61.2 Å². The van der Waals surface area contributed by atoms with Crippen molar-refractivity contribution in [1.29, 1.82) is 0 Å². The number of aliphatic hydroxyl groups is 1. The molecule has 0 spiro atoms. The molecule has 1 rings (SSSR count). The highest BCUT2D eigenvalue weighted by Gasteiger charge is 2.13. The van der Waals surface area contributed by atoms with Crippen LogP contribution in [0.25, 0.3) is 0 Å². The molecule has 0 aliphatic heterocycles. The van der Waals surface area contributed by atoms with Gasteiger partial charge in [0.2, 0.25) is 0 Å². The zero-order chi connectivity index (χ0) is 5.98. The third kappa shape index (κ3) is 2.35. The van der Waals surface area contributed by atoms with Crippen molar-refractivity contribution in [2.45, 2.75) is 12.5 Å². The lowest BCUT2D eigenvalue weighted by Crippen LogP contribution is -2.15. The Morgan fingerprint density at radius 1 is 1.56 bits per heavy atom. The van der Waals surface area contributed by atoms with Crippen LogP contribution in [-0.4, -0.2) is 17.8 Å². The van der Waals surface area contributed by atoms with Gasteiger partial charge in [-0.3, -0.25) is 0 Å². The Balaban J connectivity index is 0.000000640. The first-order valence-electron chi connectivity index (χ1n) is 2.87. The maximum absolute atomic E-state index is 8.58. The summed E-state index contributed by atoms with van der Waals surface area (Å²) in [4.78, 5) is 0. The van der Waals surface area contributed by atoms with Gasteiger partial charge in [-0.25, -0.2) is 0 Å². The smallest absolute Gasteiger partial charge is 0.0494 e. The van der Waals surface area contributed by atoms with Crippen molar-refractivity contribution in [3.8, 4) is 0 Å². The Morgan fingerprint density at radius 3 is 2.44 bits per heavy atom. The Morgan fingerprint density at radius 2 is 2.22 bits per heavy atom. The molecule has 0 amide bonds. The fourth-order valence-corrected chi connectivity index (χ4v) is 0.942. The summed E-state index contributed by atoms with van der Waals surface area (Å²) in [6.07, 6.45) is 4.84. The Bertz CT molecular complexity index is 105. The molecule has 0 saturated carbocycles. The number of halogens is 1. The second-order valence-corrected chi connectivity index (χ2v) is 2.23. The molecule has 3 N–H and O–H groups in total. The highest BCUT2D eigenvalue weighted by molar-refractivity contribution is 5.85. The average Bonchev–Trinajstić information content (AvgIpc) is 2.14. The van der Waals surface area contributed by atoms with E-state index in [9.17, 15) is 0 Å². The predicted molar refractivity (Wildman–Crippen MR) is 39.6 cm³/mol. The third-order valence-electron chi connectivity index (χ3n) is 1.44. The molecule has 2 unspecified atom stereocenters. The summed E-state index contributed by atoms with van der Waals surface area (Å²) in [6.45, 7) is 0.240. The number of rotatable bonds is 1. The molecule has 0 heterocycles. The number of aliphatic hydroxyl groups excluding tert-OH is 1. The van der Waals surface area contributed by atoms with E-state index in [0.29, 0.717) is 5.92 Å². The van der Waals surface area contributed by atoms with Crippen LogP contribution in [0.15, 0.2) is 12.2 Å². The highest BCUT2D eigenvalue weighted by Crippen LogP contribution is 2.14. The lowest BCUT2D eigenvalue weighted by molar-refractivity contribution is 0.249. The topological polar surface area (TPSA) is 46.2 Å². The van der Waals surface area contributed by atoms with Crippen LogP contribution in [0.1, 0.15) is 6.42 Å².